The lowest BCUT2D eigenvalue weighted by Gasteiger charge is -2.18. The molecule has 0 aliphatic heterocycles. The van der Waals surface area contributed by atoms with Gasteiger partial charge in [0.15, 0.2) is 6.04 Å². The molecule has 0 bridgehead atoms. The fourth-order valence-corrected chi connectivity index (χ4v) is 3.46. The Morgan fingerprint density at radius 1 is 1.06 bits per heavy atom. The van der Waals surface area contributed by atoms with E-state index in [0.717, 1.165) is 23.0 Å². The van der Waals surface area contributed by atoms with Crippen LogP contribution in [0.25, 0.3) is 0 Å². The Bertz CT molecular complexity index is 871. The number of carboxylic acid groups (broad SMARTS) is 1. The molecular formula is C23H28N2O5S. The van der Waals surface area contributed by atoms with Gasteiger partial charge in [-0.25, -0.2) is 4.79 Å². The predicted octanol–water partition coefficient (Wildman–Crippen LogP) is 3.05. The number of benzene rings is 2. The van der Waals surface area contributed by atoms with E-state index in [-0.39, 0.29) is 24.1 Å². The number of carbonyl (C=O) groups is 3. The van der Waals surface area contributed by atoms with E-state index < -0.39 is 23.8 Å². The molecule has 7 nitrogen and oxygen atoms in total. The van der Waals surface area contributed by atoms with Crippen LogP contribution in [0, 0.1) is 5.92 Å². The highest BCUT2D eigenvalue weighted by molar-refractivity contribution is 8.14. The molecule has 2 aromatic rings. The molecule has 0 saturated carbocycles. The average molecular weight is 445 g/mol. The molecule has 1 unspecified atom stereocenters. The number of anilines is 1. The van der Waals surface area contributed by atoms with Crippen molar-refractivity contribution in [3.8, 4) is 0 Å². The SMILES string of the molecule is CC(CSC(=O)c1ccccc1)C(=O)N[C@@H](COCc1ccc(N(C)C)cc1)C(=O)O. The van der Waals surface area contributed by atoms with Crippen molar-refractivity contribution in [3.05, 3.63) is 65.7 Å². The van der Waals surface area contributed by atoms with Crippen LogP contribution in [0.2, 0.25) is 0 Å². The van der Waals surface area contributed by atoms with Crippen molar-refractivity contribution in [2.75, 3.05) is 31.4 Å². The number of amides is 1. The monoisotopic (exact) mass is 444 g/mol. The Hall–Kier alpha value is -2.84. The van der Waals surface area contributed by atoms with Crippen LogP contribution in [-0.2, 0) is 20.9 Å². The number of nitrogens with one attached hydrogen (secondary N) is 1. The molecule has 2 N–H and O–H groups in total. The molecule has 0 saturated heterocycles. The molecule has 0 aliphatic rings. The summed E-state index contributed by atoms with van der Waals surface area (Å²) in [7, 11) is 3.89. The first-order chi connectivity index (χ1) is 14.8. The summed E-state index contributed by atoms with van der Waals surface area (Å²) in [6, 6.07) is 15.4. The fraction of sp³-hybridized carbons (Fsp3) is 0.348. The molecule has 31 heavy (non-hydrogen) atoms. The highest BCUT2D eigenvalue weighted by Crippen LogP contribution is 2.16. The summed E-state index contributed by atoms with van der Waals surface area (Å²) in [6.07, 6.45) is 0. The van der Waals surface area contributed by atoms with Gasteiger partial charge in [0.1, 0.15) is 0 Å². The smallest absolute Gasteiger partial charge is 0.328 e. The highest BCUT2D eigenvalue weighted by atomic mass is 32.2. The summed E-state index contributed by atoms with van der Waals surface area (Å²) in [4.78, 5) is 38.0. The number of rotatable bonds is 11. The number of nitrogens with zero attached hydrogens (tertiary/aromatic N) is 1. The third-order valence-electron chi connectivity index (χ3n) is 4.54. The molecule has 0 radical (unpaired) electrons. The van der Waals surface area contributed by atoms with E-state index in [0.29, 0.717) is 5.56 Å². The highest BCUT2D eigenvalue weighted by Gasteiger charge is 2.24. The van der Waals surface area contributed by atoms with Crippen molar-refractivity contribution in [2.45, 2.75) is 19.6 Å². The van der Waals surface area contributed by atoms with Gasteiger partial charge in [0.25, 0.3) is 0 Å². The molecule has 2 atom stereocenters. The first-order valence-electron chi connectivity index (χ1n) is 9.87. The van der Waals surface area contributed by atoms with Gasteiger partial charge in [0.2, 0.25) is 11.0 Å². The molecule has 1 amide bonds. The number of hydrogen-bond acceptors (Lipinski definition) is 6. The van der Waals surface area contributed by atoms with Crippen LogP contribution in [0.15, 0.2) is 54.6 Å². The second-order valence-corrected chi connectivity index (χ2v) is 8.33. The third kappa shape index (κ3) is 8.07. The Morgan fingerprint density at radius 2 is 1.71 bits per heavy atom. The third-order valence-corrected chi connectivity index (χ3v) is 5.71. The van der Waals surface area contributed by atoms with Crippen molar-refractivity contribution < 1.29 is 24.2 Å². The molecule has 0 aromatic heterocycles. The Balaban J connectivity index is 1.79. The summed E-state index contributed by atoms with van der Waals surface area (Å²) in [5, 5.41) is 11.8. The molecule has 166 valence electrons. The second-order valence-electron chi connectivity index (χ2n) is 7.34. The lowest BCUT2D eigenvalue weighted by molar-refractivity contribution is -0.144. The summed E-state index contributed by atoms with van der Waals surface area (Å²) in [5.41, 5.74) is 2.53. The number of aliphatic carboxylic acids is 1. The second kappa shape index (κ2) is 12.1. The lowest BCUT2D eigenvalue weighted by Crippen LogP contribution is -2.46. The van der Waals surface area contributed by atoms with Gasteiger partial charge in [-0.15, -0.1) is 0 Å². The molecule has 0 aliphatic carbocycles. The average Bonchev–Trinajstić information content (AvgIpc) is 2.77. The zero-order chi connectivity index (χ0) is 22.8. The number of ether oxygens (including phenoxy) is 1. The maximum absolute atomic E-state index is 12.4. The first kappa shape index (κ1) is 24.4. The Kier molecular flexibility index (Phi) is 9.55. The van der Waals surface area contributed by atoms with Gasteiger partial charge >= 0.3 is 5.97 Å². The minimum absolute atomic E-state index is 0.126. The summed E-state index contributed by atoms with van der Waals surface area (Å²) >= 11 is 1.04. The zero-order valence-electron chi connectivity index (χ0n) is 17.9. The van der Waals surface area contributed by atoms with E-state index in [4.69, 9.17) is 4.74 Å². The molecule has 0 spiro atoms. The van der Waals surface area contributed by atoms with E-state index >= 15 is 0 Å². The summed E-state index contributed by atoms with van der Waals surface area (Å²) in [5.74, 6) is -1.88. The van der Waals surface area contributed by atoms with Gasteiger partial charge < -0.3 is 20.1 Å². The van der Waals surface area contributed by atoms with E-state index in [1.54, 1.807) is 31.2 Å². The van der Waals surface area contributed by atoms with Gasteiger partial charge in [0, 0.05) is 37.0 Å². The topological polar surface area (TPSA) is 95.9 Å². The van der Waals surface area contributed by atoms with E-state index in [2.05, 4.69) is 5.32 Å². The van der Waals surface area contributed by atoms with E-state index in [1.807, 2.05) is 49.3 Å². The minimum Gasteiger partial charge on any atom is -0.480 e. The largest absolute Gasteiger partial charge is 0.480 e. The summed E-state index contributed by atoms with van der Waals surface area (Å²) < 4.78 is 5.51. The van der Waals surface area contributed by atoms with Crippen LogP contribution in [-0.4, -0.2) is 54.6 Å². The zero-order valence-corrected chi connectivity index (χ0v) is 18.7. The molecule has 0 fully saturated rings. The maximum Gasteiger partial charge on any atom is 0.328 e. The molecule has 0 heterocycles. The molecule has 2 rings (SSSR count). The Morgan fingerprint density at radius 3 is 2.29 bits per heavy atom. The minimum atomic E-state index is -1.17. The van der Waals surface area contributed by atoms with E-state index in [1.165, 1.54) is 0 Å². The lowest BCUT2D eigenvalue weighted by atomic mass is 10.2. The molecular weight excluding hydrogens is 416 g/mol. The van der Waals surface area contributed by atoms with Crippen LogP contribution in [0.4, 0.5) is 5.69 Å². The van der Waals surface area contributed by atoms with Crippen molar-refractivity contribution in [3.63, 3.8) is 0 Å². The molecule has 2 aromatic carbocycles. The number of hydrogen-bond donors (Lipinski definition) is 2. The van der Waals surface area contributed by atoms with Crippen LogP contribution in [0.1, 0.15) is 22.8 Å². The van der Waals surface area contributed by atoms with Crippen LogP contribution in [0.3, 0.4) is 0 Å². The van der Waals surface area contributed by atoms with Gasteiger partial charge in [-0.2, -0.15) is 0 Å². The quantitative estimate of drug-likeness (QED) is 0.550. The van der Waals surface area contributed by atoms with Crippen molar-refractivity contribution in [1.29, 1.82) is 0 Å². The van der Waals surface area contributed by atoms with Crippen LogP contribution < -0.4 is 10.2 Å². The van der Waals surface area contributed by atoms with Crippen molar-refractivity contribution >= 4 is 34.4 Å². The summed E-state index contributed by atoms with van der Waals surface area (Å²) in [6.45, 7) is 1.75. The fourth-order valence-electron chi connectivity index (χ4n) is 2.61. The Labute approximate surface area is 186 Å². The van der Waals surface area contributed by atoms with Gasteiger partial charge in [-0.05, 0) is 17.7 Å². The van der Waals surface area contributed by atoms with Gasteiger partial charge in [-0.3, -0.25) is 9.59 Å². The van der Waals surface area contributed by atoms with E-state index in [9.17, 15) is 19.5 Å². The number of carbonyl (C=O) groups excluding carboxylic acids is 2. The van der Waals surface area contributed by atoms with Gasteiger partial charge in [0.05, 0.1) is 13.2 Å². The van der Waals surface area contributed by atoms with Crippen molar-refractivity contribution in [1.82, 2.24) is 5.32 Å². The van der Waals surface area contributed by atoms with Gasteiger partial charge in [-0.1, -0.05) is 61.2 Å². The van der Waals surface area contributed by atoms with Crippen molar-refractivity contribution in [2.24, 2.45) is 5.92 Å². The maximum atomic E-state index is 12.4. The van der Waals surface area contributed by atoms with Crippen LogP contribution >= 0.6 is 11.8 Å². The van der Waals surface area contributed by atoms with Crippen LogP contribution in [0.5, 0.6) is 0 Å². The standard InChI is InChI=1S/C23H28N2O5S/c1-16(15-31-23(29)18-7-5-4-6-8-18)21(26)24-20(22(27)28)14-30-13-17-9-11-19(12-10-17)25(2)3/h4-12,16,20H,13-15H2,1-3H3,(H,24,26)(H,27,28)/t16?,20-/m0/s1. The number of carboxylic acids is 1. The first-order valence-corrected chi connectivity index (χ1v) is 10.9. The molecule has 8 heteroatoms. The predicted molar refractivity (Wildman–Crippen MR) is 122 cm³/mol. The normalized spacial score (nSPS) is 12.6. The number of thioether (sulfide) groups is 1.